The number of likely N-dealkylation sites (N-methyl/N-ethyl adjacent to an activating group) is 1. The van der Waals surface area contributed by atoms with Crippen LogP contribution in [0.1, 0.15) is 49.9 Å². The zero-order valence-corrected chi connectivity index (χ0v) is 19.0. The normalized spacial score (nSPS) is 23.6. The summed E-state index contributed by atoms with van der Waals surface area (Å²) in [6, 6.07) is 4.48. The number of hydrogen-bond acceptors (Lipinski definition) is 6. The van der Waals surface area contributed by atoms with Crippen molar-refractivity contribution >= 4 is 27.5 Å². The van der Waals surface area contributed by atoms with E-state index in [0.29, 0.717) is 42.8 Å². The first-order chi connectivity index (χ1) is 14.7. The van der Waals surface area contributed by atoms with Crippen LogP contribution in [0.5, 0.6) is 5.75 Å². The number of amides is 2. The molecule has 1 aromatic rings. The molecule has 0 aromatic heterocycles. The maximum absolute atomic E-state index is 13.2. The number of nitrogens with one attached hydrogen (secondary N) is 2. The Balaban J connectivity index is 1.75. The Kier molecular flexibility index (Phi) is 7.42. The summed E-state index contributed by atoms with van der Waals surface area (Å²) in [5.74, 6) is 0.0210. The van der Waals surface area contributed by atoms with Crippen LogP contribution in [0.15, 0.2) is 18.2 Å². The molecule has 9 nitrogen and oxygen atoms in total. The maximum atomic E-state index is 13.2. The van der Waals surface area contributed by atoms with E-state index in [-0.39, 0.29) is 42.4 Å². The first-order valence-electron chi connectivity index (χ1n) is 10.7. The van der Waals surface area contributed by atoms with E-state index in [0.717, 1.165) is 6.42 Å². The van der Waals surface area contributed by atoms with E-state index >= 15 is 0 Å². The van der Waals surface area contributed by atoms with Gasteiger partial charge in [0.05, 0.1) is 29.9 Å². The van der Waals surface area contributed by atoms with Crippen molar-refractivity contribution in [2.24, 2.45) is 0 Å². The predicted molar refractivity (Wildman–Crippen MR) is 117 cm³/mol. The molecule has 10 heteroatoms. The van der Waals surface area contributed by atoms with Gasteiger partial charge in [-0.25, -0.2) is 8.42 Å². The van der Waals surface area contributed by atoms with Gasteiger partial charge >= 0.3 is 0 Å². The Morgan fingerprint density at radius 3 is 2.74 bits per heavy atom. The minimum absolute atomic E-state index is 0.0334. The largest absolute Gasteiger partial charge is 0.490 e. The standard InChI is InChI=1S/C21H31N3O6S/c1-4-10-22-20(25)12-15-7-8-17-19(30-15)13-29-18-9-6-14(23-31(27,28)5-2)11-16(18)21(26)24(17)3/h6,9,11,15,17,19,23H,4-5,7-8,10,12-13H2,1-3H3,(H,22,25)/t15-,17+,19+/m0/s1. The minimum Gasteiger partial charge on any atom is -0.490 e. The highest BCUT2D eigenvalue weighted by molar-refractivity contribution is 7.92. The van der Waals surface area contributed by atoms with Crippen LogP contribution in [0.2, 0.25) is 0 Å². The van der Waals surface area contributed by atoms with Crippen LogP contribution in [0.3, 0.4) is 0 Å². The monoisotopic (exact) mass is 453 g/mol. The highest BCUT2D eigenvalue weighted by Gasteiger charge is 2.39. The van der Waals surface area contributed by atoms with Crippen LogP contribution in [0.4, 0.5) is 5.69 Å². The van der Waals surface area contributed by atoms with Crippen molar-refractivity contribution in [2.75, 3.05) is 30.7 Å². The molecule has 31 heavy (non-hydrogen) atoms. The number of ether oxygens (including phenoxy) is 2. The molecule has 0 aliphatic carbocycles. The Morgan fingerprint density at radius 2 is 2.03 bits per heavy atom. The third-order valence-electron chi connectivity index (χ3n) is 5.65. The van der Waals surface area contributed by atoms with Crippen molar-refractivity contribution in [3.05, 3.63) is 23.8 Å². The van der Waals surface area contributed by atoms with Gasteiger partial charge < -0.3 is 19.7 Å². The molecule has 1 fully saturated rings. The fraction of sp³-hybridized carbons (Fsp3) is 0.619. The molecular weight excluding hydrogens is 422 g/mol. The van der Waals surface area contributed by atoms with Gasteiger partial charge in [0.1, 0.15) is 18.5 Å². The number of hydrogen-bond donors (Lipinski definition) is 2. The zero-order chi connectivity index (χ0) is 22.6. The molecule has 172 valence electrons. The molecule has 0 unspecified atom stereocenters. The lowest BCUT2D eigenvalue weighted by atomic mass is 9.94. The van der Waals surface area contributed by atoms with Gasteiger partial charge in [0.25, 0.3) is 5.91 Å². The second-order valence-corrected chi connectivity index (χ2v) is 9.95. The summed E-state index contributed by atoms with van der Waals surface area (Å²) in [5, 5.41) is 2.86. The molecule has 3 atom stereocenters. The van der Waals surface area contributed by atoms with Gasteiger partial charge in [-0.3, -0.25) is 14.3 Å². The first kappa shape index (κ1) is 23.3. The smallest absolute Gasteiger partial charge is 0.257 e. The molecule has 2 aliphatic rings. The molecule has 0 radical (unpaired) electrons. The summed E-state index contributed by atoms with van der Waals surface area (Å²) in [7, 11) is -1.74. The van der Waals surface area contributed by atoms with Crippen LogP contribution in [0.25, 0.3) is 0 Å². The number of sulfonamides is 1. The van der Waals surface area contributed by atoms with Crippen molar-refractivity contribution in [1.29, 1.82) is 0 Å². The Hall–Kier alpha value is -2.33. The Bertz CT molecular complexity index is 920. The number of nitrogens with zero attached hydrogens (tertiary/aromatic N) is 1. The summed E-state index contributed by atoms with van der Waals surface area (Å²) < 4.78 is 38.3. The number of anilines is 1. The van der Waals surface area contributed by atoms with E-state index in [1.54, 1.807) is 31.0 Å². The average Bonchev–Trinajstić information content (AvgIpc) is 2.75. The summed E-state index contributed by atoms with van der Waals surface area (Å²) in [5.41, 5.74) is 0.624. The number of carbonyl (C=O) groups excluding carboxylic acids is 2. The molecule has 1 aromatic carbocycles. The average molecular weight is 454 g/mol. The van der Waals surface area contributed by atoms with E-state index in [1.807, 2.05) is 6.92 Å². The second-order valence-electron chi connectivity index (χ2n) is 7.94. The van der Waals surface area contributed by atoms with Gasteiger partial charge in [-0.15, -0.1) is 0 Å². The van der Waals surface area contributed by atoms with Crippen molar-refractivity contribution in [3.8, 4) is 5.75 Å². The van der Waals surface area contributed by atoms with E-state index in [9.17, 15) is 18.0 Å². The van der Waals surface area contributed by atoms with Crippen LogP contribution >= 0.6 is 0 Å². The van der Waals surface area contributed by atoms with E-state index < -0.39 is 10.0 Å². The molecular formula is C21H31N3O6S. The van der Waals surface area contributed by atoms with Gasteiger partial charge in [-0.1, -0.05) is 6.92 Å². The quantitative estimate of drug-likeness (QED) is 0.650. The molecule has 2 amide bonds. The molecule has 2 heterocycles. The van der Waals surface area contributed by atoms with Gasteiger partial charge in [-0.2, -0.15) is 0 Å². The van der Waals surface area contributed by atoms with E-state index in [1.165, 1.54) is 6.07 Å². The molecule has 3 rings (SSSR count). The molecule has 2 aliphatic heterocycles. The number of rotatable bonds is 7. The maximum Gasteiger partial charge on any atom is 0.257 e. The van der Waals surface area contributed by atoms with Crippen LogP contribution in [-0.2, 0) is 19.6 Å². The van der Waals surface area contributed by atoms with Gasteiger partial charge in [0.2, 0.25) is 15.9 Å². The lowest BCUT2D eigenvalue weighted by Gasteiger charge is -2.42. The number of benzene rings is 1. The summed E-state index contributed by atoms with van der Waals surface area (Å²) in [6.07, 6.45) is 1.97. The van der Waals surface area contributed by atoms with Gasteiger partial charge in [-0.05, 0) is 44.4 Å². The van der Waals surface area contributed by atoms with E-state index in [4.69, 9.17) is 9.47 Å². The number of carbonyl (C=O) groups is 2. The van der Waals surface area contributed by atoms with Crippen LogP contribution < -0.4 is 14.8 Å². The predicted octanol–water partition coefficient (Wildman–Crippen LogP) is 1.75. The lowest BCUT2D eigenvalue weighted by molar-refractivity contribution is -0.134. The molecule has 2 N–H and O–H groups in total. The molecule has 0 bridgehead atoms. The van der Waals surface area contributed by atoms with Crippen molar-refractivity contribution in [3.63, 3.8) is 0 Å². The minimum atomic E-state index is -3.46. The van der Waals surface area contributed by atoms with Crippen molar-refractivity contribution < 1.29 is 27.5 Å². The lowest BCUT2D eigenvalue weighted by Crippen LogP contribution is -2.54. The van der Waals surface area contributed by atoms with Crippen LogP contribution in [-0.4, -0.2) is 69.3 Å². The molecule has 0 saturated carbocycles. The van der Waals surface area contributed by atoms with Gasteiger partial charge in [0.15, 0.2) is 0 Å². The highest BCUT2D eigenvalue weighted by Crippen LogP contribution is 2.32. The molecule has 0 spiro atoms. The Morgan fingerprint density at radius 1 is 1.26 bits per heavy atom. The Labute approximate surface area is 183 Å². The van der Waals surface area contributed by atoms with Gasteiger partial charge in [0, 0.05) is 19.3 Å². The van der Waals surface area contributed by atoms with Crippen molar-refractivity contribution in [2.45, 2.75) is 57.8 Å². The topological polar surface area (TPSA) is 114 Å². The van der Waals surface area contributed by atoms with Crippen molar-refractivity contribution in [1.82, 2.24) is 10.2 Å². The molecule has 1 saturated heterocycles. The van der Waals surface area contributed by atoms with Crippen LogP contribution in [0, 0.1) is 0 Å². The SMILES string of the molecule is CCCNC(=O)C[C@@H]1CC[C@@H]2[C@@H](COc3ccc(NS(=O)(=O)CC)cc3C(=O)N2C)O1. The highest BCUT2D eigenvalue weighted by atomic mass is 32.2. The zero-order valence-electron chi connectivity index (χ0n) is 18.2. The third-order valence-corrected chi connectivity index (χ3v) is 6.96. The fourth-order valence-electron chi connectivity index (χ4n) is 3.89. The number of fused-ring (bicyclic) bond motifs is 2. The summed E-state index contributed by atoms with van der Waals surface area (Å²) in [4.78, 5) is 26.8. The summed E-state index contributed by atoms with van der Waals surface area (Å²) >= 11 is 0. The third kappa shape index (κ3) is 5.68. The second kappa shape index (κ2) is 9.86. The fourth-order valence-corrected chi connectivity index (χ4v) is 4.52. The first-order valence-corrected chi connectivity index (χ1v) is 12.4. The van der Waals surface area contributed by atoms with E-state index in [2.05, 4.69) is 10.0 Å². The summed E-state index contributed by atoms with van der Waals surface area (Å²) in [6.45, 7) is 4.43.